The van der Waals surface area contributed by atoms with Crippen molar-refractivity contribution in [3.8, 4) is 16.9 Å². The van der Waals surface area contributed by atoms with Gasteiger partial charge in [0.05, 0.1) is 30.0 Å². The van der Waals surface area contributed by atoms with Gasteiger partial charge in [-0.05, 0) is 64.2 Å². The van der Waals surface area contributed by atoms with Crippen LogP contribution in [0.1, 0.15) is 54.0 Å². The number of fused-ring (bicyclic) bond motifs is 4. The molecule has 9 nitrogen and oxygen atoms in total. The fourth-order valence-corrected chi connectivity index (χ4v) is 5.55. The minimum absolute atomic E-state index is 0.0551. The molecule has 3 aliphatic rings. The second kappa shape index (κ2) is 7.72. The first-order valence-electron chi connectivity index (χ1n) is 11.8. The number of nitrogens with one attached hydrogen (secondary N) is 2. The average Bonchev–Trinajstić information content (AvgIpc) is 3.44. The van der Waals surface area contributed by atoms with Crippen molar-refractivity contribution in [1.29, 1.82) is 0 Å². The fourth-order valence-electron chi connectivity index (χ4n) is 5.55. The largest absolute Gasteiger partial charge is 0.496 e. The first-order valence-corrected chi connectivity index (χ1v) is 11.8. The zero-order valence-corrected chi connectivity index (χ0v) is 20.2. The molecular weight excluding hydrogens is 430 g/mol. The van der Waals surface area contributed by atoms with E-state index in [9.17, 15) is 0 Å². The highest BCUT2D eigenvalue weighted by Crippen LogP contribution is 2.46. The van der Waals surface area contributed by atoms with Crippen molar-refractivity contribution in [3.05, 3.63) is 40.4 Å². The topological polar surface area (TPSA) is 102 Å². The normalized spacial score (nSPS) is 21.9. The molecule has 0 bridgehead atoms. The van der Waals surface area contributed by atoms with Gasteiger partial charge in [0.1, 0.15) is 29.3 Å². The van der Waals surface area contributed by atoms with Crippen LogP contribution < -0.4 is 15.4 Å². The standard InChI is InChI=1S/C25H29N7O2/c1-12-21(13(2)34-31-12)17-10-19-16(11-20(17)33-5)22-23(28-19)26-14(3)27-24(22)29-25-15-8-6-7-9-18(15)30-32(25)4/h10-11,22-23,28H,6-9H2,1-5H3,(H,26,27,29). The van der Waals surface area contributed by atoms with Crippen molar-refractivity contribution in [2.24, 2.45) is 17.0 Å². The molecule has 0 saturated heterocycles. The Morgan fingerprint density at radius 1 is 1.18 bits per heavy atom. The summed E-state index contributed by atoms with van der Waals surface area (Å²) >= 11 is 0. The van der Waals surface area contributed by atoms with Crippen molar-refractivity contribution in [1.82, 2.24) is 20.3 Å². The summed E-state index contributed by atoms with van der Waals surface area (Å²) in [5.74, 6) is 4.16. The molecule has 0 amide bonds. The summed E-state index contributed by atoms with van der Waals surface area (Å²) in [4.78, 5) is 10.0. The van der Waals surface area contributed by atoms with E-state index in [1.165, 1.54) is 24.1 Å². The Labute approximate surface area is 198 Å². The minimum Gasteiger partial charge on any atom is -0.496 e. The molecule has 2 aromatic heterocycles. The number of methoxy groups -OCH3 is 1. The average molecular weight is 460 g/mol. The molecule has 2 aliphatic heterocycles. The number of aryl methyl sites for hydroxylation is 4. The molecule has 0 radical (unpaired) electrons. The third-order valence-electron chi connectivity index (χ3n) is 7.08. The lowest BCUT2D eigenvalue weighted by Gasteiger charge is -2.26. The Balaban J connectivity index is 1.48. The van der Waals surface area contributed by atoms with E-state index < -0.39 is 0 Å². The maximum Gasteiger partial charge on any atom is 0.155 e. The Hall–Kier alpha value is -3.62. The predicted octanol–water partition coefficient (Wildman–Crippen LogP) is 4.17. The monoisotopic (exact) mass is 459 g/mol. The van der Waals surface area contributed by atoms with Crippen molar-refractivity contribution in [2.45, 2.75) is 58.5 Å². The summed E-state index contributed by atoms with van der Waals surface area (Å²) in [5.41, 5.74) is 7.34. The quantitative estimate of drug-likeness (QED) is 0.610. The molecular formula is C25H29N7O2. The van der Waals surface area contributed by atoms with Gasteiger partial charge in [-0.1, -0.05) is 5.16 Å². The number of benzene rings is 1. The van der Waals surface area contributed by atoms with Crippen LogP contribution >= 0.6 is 0 Å². The SMILES string of the molecule is COc1cc2c(cc1-c1c(C)noc1C)NC1N=C(C)NC(=Nc3c4c(nn3C)CCCC4)C21. The third-order valence-corrected chi connectivity index (χ3v) is 7.08. The van der Waals surface area contributed by atoms with Crippen molar-refractivity contribution in [2.75, 3.05) is 12.4 Å². The van der Waals surface area contributed by atoms with Crippen LogP contribution in [0.25, 0.3) is 11.1 Å². The van der Waals surface area contributed by atoms with Crippen LogP contribution in [0.5, 0.6) is 5.75 Å². The van der Waals surface area contributed by atoms with Gasteiger partial charge < -0.3 is 19.9 Å². The number of amidine groups is 2. The van der Waals surface area contributed by atoms with E-state index >= 15 is 0 Å². The van der Waals surface area contributed by atoms with E-state index in [0.29, 0.717) is 0 Å². The number of aliphatic imine (C=N–C) groups is 2. The lowest BCUT2D eigenvalue weighted by atomic mass is 9.92. The van der Waals surface area contributed by atoms with Gasteiger partial charge in [0.15, 0.2) is 5.82 Å². The van der Waals surface area contributed by atoms with E-state index in [0.717, 1.165) is 69.9 Å². The molecule has 9 heteroatoms. The van der Waals surface area contributed by atoms with Gasteiger partial charge in [0, 0.05) is 23.9 Å². The van der Waals surface area contributed by atoms with E-state index in [-0.39, 0.29) is 12.1 Å². The summed E-state index contributed by atoms with van der Waals surface area (Å²) in [7, 11) is 3.68. The Morgan fingerprint density at radius 3 is 2.76 bits per heavy atom. The maximum absolute atomic E-state index is 5.83. The predicted molar refractivity (Wildman–Crippen MR) is 131 cm³/mol. The molecule has 34 heavy (non-hydrogen) atoms. The molecule has 1 aliphatic carbocycles. The molecule has 2 N–H and O–H groups in total. The number of hydrogen-bond acceptors (Lipinski definition) is 7. The van der Waals surface area contributed by atoms with Crippen LogP contribution in [0.2, 0.25) is 0 Å². The number of nitrogens with zero attached hydrogens (tertiary/aromatic N) is 5. The van der Waals surface area contributed by atoms with Crippen LogP contribution in [0.15, 0.2) is 26.6 Å². The molecule has 0 fully saturated rings. The first kappa shape index (κ1) is 20.9. The number of anilines is 1. The smallest absolute Gasteiger partial charge is 0.155 e. The Morgan fingerprint density at radius 2 is 2.00 bits per heavy atom. The van der Waals surface area contributed by atoms with Gasteiger partial charge in [0.2, 0.25) is 0 Å². The molecule has 2 atom stereocenters. The highest BCUT2D eigenvalue weighted by molar-refractivity contribution is 6.08. The molecule has 176 valence electrons. The summed E-state index contributed by atoms with van der Waals surface area (Å²) in [6, 6.07) is 4.22. The van der Waals surface area contributed by atoms with Crippen molar-refractivity contribution in [3.63, 3.8) is 0 Å². The van der Waals surface area contributed by atoms with E-state index in [1.807, 2.05) is 32.5 Å². The lowest BCUT2D eigenvalue weighted by molar-refractivity contribution is 0.393. The molecule has 0 saturated carbocycles. The zero-order chi connectivity index (χ0) is 23.6. The lowest BCUT2D eigenvalue weighted by Crippen LogP contribution is -2.43. The van der Waals surface area contributed by atoms with E-state index in [1.54, 1.807) is 7.11 Å². The van der Waals surface area contributed by atoms with Crippen molar-refractivity contribution >= 4 is 23.2 Å². The second-order valence-corrected chi connectivity index (χ2v) is 9.32. The maximum atomic E-state index is 5.83. The number of hydrogen-bond donors (Lipinski definition) is 2. The van der Waals surface area contributed by atoms with Crippen LogP contribution in [-0.4, -0.2) is 39.9 Å². The molecule has 1 aromatic carbocycles. The molecule has 0 spiro atoms. The highest BCUT2D eigenvalue weighted by atomic mass is 16.5. The van der Waals surface area contributed by atoms with Crippen LogP contribution in [-0.2, 0) is 19.9 Å². The van der Waals surface area contributed by atoms with Gasteiger partial charge in [-0.15, -0.1) is 0 Å². The van der Waals surface area contributed by atoms with Gasteiger partial charge in [-0.2, -0.15) is 5.10 Å². The fraction of sp³-hybridized carbons (Fsp3) is 0.440. The zero-order valence-electron chi connectivity index (χ0n) is 20.2. The highest BCUT2D eigenvalue weighted by Gasteiger charge is 2.40. The van der Waals surface area contributed by atoms with Gasteiger partial charge in [-0.25, -0.2) is 9.98 Å². The van der Waals surface area contributed by atoms with Crippen LogP contribution in [0.3, 0.4) is 0 Å². The molecule has 4 heterocycles. The van der Waals surface area contributed by atoms with Crippen LogP contribution in [0, 0.1) is 13.8 Å². The summed E-state index contributed by atoms with van der Waals surface area (Å²) < 4.78 is 13.2. The summed E-state index contributed by atoms with van der Waals surface area (Å²) in [6.07, 6.45) is 4.30. The number of ether oxygens (including phenoxy) is 1. The van der Waals surface area contributed by atoms with E-state index in [4.69, 9.17) is 24.3 Å². The Kier molecular flexibility index (Phi) is 4.75. The second-order valence-electron chi connectivity index (χ2n) is 9.32. The molecule has 6 rings (SSSR count). The van der Waals surface area contributed by atoms with Crippen LogP contribution in [0.4, 0.5) is 11.5 Å². The third kappa shape index (κ3) is 3.13. The van der Waals surface area contributed by atoms with Gasteiger partial charge in [0.25, 0.3) is 0 Å². The number of rotatable bonds is 3. The van der Waals surface area contributed by atoms with Gasteiger partial charge >= 0.3 is 0 Å². The summed E-state index contributed by atoms with van der Waals surface area (Å²) in [6.45, 7) is 5.85. The Bertz CT molecular complexity index is 1340. The van der Waals surface area contributed by atoms with E-state index in [2.05, 4.69) is 27.9 Å². The van der Waals surface area contributed by atoms with Crippen molar-refractivity contribution < 1.29 is 9.26 Å². The molecule has 2 unspecified atom stereocenters. The molecule has 3 aromatic rings. The van der Waals surface area contributed by atoms with Gasteiger partial charge in [-0.3, -0.25) is 4.68 Å². The number of aromatic nitrogens is 3. The minimum atomic E-state index is -0.135. The first-order chi connectivity index (χ1) is 16.4. The summed E-state index contributed by atoms with van der Waals surface area (Å²) in [5, 5.41) is 15.9.